The molecule has 0 rings (SSSR count). The smallest absolute Gasteiger partial charge is 0.197 e. The standard InChI is InChI=1S/C4H9FO3S.Cu/c1-2-3-4-9(6,7)8-5;/h2-4H2,1H3;. The van der Waals surface area contributed by atoms with E-state index in [2.05, 4.69) is 4.39 Å². The topological polar surface area (TPSA) is 43.4 Å². The van der Waals surface area contributed by atoms with Crippen molar-refractivity contribution in [2.45, 2.75) is 19.8 Å². The Bertz CT molecular complexity index is 156. The summed E-state index contributed by atoms with van der Waals surface area (Å²) in [5, 5.41) is 0. The van der Waals surface area contributed by atoms with Gasteiger partial charge in [-0.25, -0.2) is 0 Å². The molecular weight excluding hydrogens is 211 g/mol. The Kier molecular flexibility index (Phi) is 7.91. The number of hydrogen-bond donors (Lipinski definition) is 0. The molecule has 67 valence electrons. The van der Waals surface area contributed by atoms with Crippen LogP contribution in [0.15, 0.2) is 0 Å². The average Bonchev–Trinajstić information content (AvgIpc) is 1.84. The molecule has 0 aromatic carbocycles. The minimum absolute atomic E-state index is 0. The summed E-state index contributed by atoms with van der Waals surface area (Å²) in [6.07, 6.45) is 1.15. The molecular formula is C4H9CuFO3S. The number of rotatable bonds is 4. The largest absolute Gasteiger partial charge is 0.297 e. The third-order valence-electron chi connectivity index (χ3n) is 0.844. The van der Waals surface area contributed by atoms with E-state index in [9.17, 15) is 12.9 Å². The van der Waals surface area contributed by atoms with Gasteiger partial charge in [0.1, 0.15) is 0 Å². The van der Waals surface area contributed by atoms with E-state index in [0.717, 1.165) is 0 Å². The molecule has 0 bridgehead atoms. The van der Waals surface area contributed by atoms with Gasteiger partial charge in [-0.1, -0.05) is 17.7 Å². The fraction of sp³-hybridized carbons (Fsp3) is 1.00. The Morgan fingerprint density at radius 1 is 1.50 bits per heavy atom. The minimum Gasteiger partial charge on any atom is -0.197 e. The third-order valence-corrected chi connectivity index (χ3v) is 1.82. The van der Waals surface area contributed by atoms with Gasteiger partial charge in [-0.05, 0) is 10.9 Å². The van der Waals surface area contributed by atoms with Crippen molar-refractivity contribution in [2.24, 2.45) is 0 Å². The van der Waals surface area contributed by atoms with Crippen LogP contribution in [0.4, 0.5) is 4.53 Å². The number of unbranched alkanes of at least 4 members (excludes halogenated alkanes) is 1. The summed E-state index contributed by atoms with van der Waals surface area (Å²) in [6, 6.07) is 0. The van der Waals surface area contributed by atoms with Crippen LogP contribution < -0.4 is 0 Å². The van der Waals surface area contributed by atoms with Gasteiger partial charge in [0.15, 0.2) is 0 Å². The molecule has 0 aliphatic heterocycles. The second kappa shape index (κ2) is 6.09. The van der Waals surface area contributed by atoms with E-state index in [4.69, 9.17) is 0 Å². The van der Waals surface area contributed by atoms with E-state index in [0.29, 0.717) is 12.8 Å². The van der Waals surface area contributed by atoms with Gasteiger partial charge >= 0.3 is 0 Å². The van der Waals surface area contributed by atoms with Crippen molar-refractivity contribution in [1.29, 1.82) is 0 Å². The van der Waals surface area contributed by atoms with E-state index in [1.807, 2.05) is 6.92 Å². The maximum Gasteiger partial charge on any atom is 0.297 e. The zero-order chi connectivity index (χ0) is 7.33. The number of hydrogen-bond acceptors (Lipinski definition) is 3. The van der Waals surface area contributed by atoms with Crippen LogP contribution in [0.2, 0.25) is 0 Å². The molecule has 10 heavy (non-hydrogen) atoms. The van der Waals surface area contributed by atoms with Crippen LogP contribution in [0, 0.1) is 0 Å². The molecule has 0 heterocycles. The molecule has 0 spiro atoms. The summed E-state index contributed by atoms with van der Waals surface area (Å²) < 4.78 is 34.0. The Morgan fingerprint density at radius 3 is 2.30 bits per heavy atom. The van der Waals surface area contributed by atoms with Gasteiger partial charge in [0.2, 0.25) is 0 Å². The Hall–Kier alpha value is 0.359. The van der Waals surface area contributed by atoms with E-state index in [1.165, 1.54) is 0 Å². The third kappa shape index (κ3) is 6.48. The van der Waals surface area contributed by atoms with Crippen LogP contribution in [0.5, 0.6) is 0 Å². The van der Waals surface area contributed by atoms with Crippen molar-refractivity contribution >= 4 is 10.1 Å². The molecule has 0 N–H and O–H groups in total. The van der Waals surface area contributed by atoms with Crippen LogP contribution in [-0.4, -0.2) is 14.2 Å². The van der Waals surface area contributed by atoms with Crippen LogP contribution in [-0.2, 0) is 31.6 Å². The maximum atomic E-state index is 11.0. The molecule has 0 saturated carbocycles. The van der Waals surface area contributed by atoms with Gasteiger partial charge in [-0.3, -0.25) is 0 Å². The SMILES string of the molecule is CCCCS(=O)(=O)OF.[Cu]. The van der Waals surface area contributed by atoms with Crippen molar-refractivity contribution in [3.63, 3.8) is 0 Å². The Morgan fingerprint density at radius 2 is 2.00 bits per heavy atom. The van der Waals surface area contributed by atoms with Gasteiger partial charge in [0.05, 0.1) is 5.75 Å². The van der Waals surface area contributed by atoms with Gasteiger partial charge in [-0.2, -0.15) is 8.42 Å². The fourth-order valence-electron chi connectivity index (χ4n) is 0.353. The van der Waals surface area contributed by atoms with E-state index < -0.39 is 10.1 Å². The second-order valence-corrected chi connectivity index (χ2v) is 3.33. The van der Waals surface area contributed by atoms with E-state index in [1.54, 1.807) is 0 Å². The van der Waals surface area contributed by atoms with Gasteiger partial charge in [0, 0.05) is 17.1 Å². The van der Waals surface area contributed by atoms with Crippen molar-refractivity contribution in [1.82, 2.24) is 0 Å². The molecule has 0 aromatic rings. The van der Waals surface area contributed by atoms with Crippen LogP contribution >= 0.6 is 0 Å². The summed E-state index contributed by atoms with van der Waals surface area (Å²) in [4.78, 5) is 0. The monoisotopic (exact) mass is 219 g/mol. The molecule has 0 aliphatic carbocycles. The fourth-order valence-corrected chi connectivity index (χ4v) is 1.06. The van der Waals surface area contributed by atoms with Crippen LogP contribution in [0.3, 0.4) is 0 Å². The molecule has 0 amide bonds. The zero-order valence-electron chi connectivity index (χ0n) is 5.43. The molecule has 1 radical (unpaired) electrons. The Balaban J connectivity index is 0. The van der Waals surface area contributed by atoms with Crippen molar-refractivity contribution < 1.29 is 34.4 Å². The predicted molar refractivity (Wildman–Crippen MR) is 30.9 cm³/mol. The van der Waals surface area contributed by atoms with Gasteiger partial charge < -0.3 is 0 Å². The predicted octanol–water partition coefficient (Wildman–Crippen LogP) is 1.01. The second-order valence-electron chi connectivity index (χ2n) is 1.68. The van der Waals surface area contributed by atoms with E-state index >= 15 is 0 Å². The summed E-state index contributed by atoms with van der Waals surface area (Å²) in [6.45, 7) is 1.81. The van der Waals surface area contributed by atoms with Crippen molar-refractivity contribution in [3.05, 3.63) is 0 Å². The maximum absolute atomic E-state index is 11.0. The normalized spacial score (nSPS) is 10.6. The van der Waals surface area contributed by atoms with Crippen molar-refractivity contribution in [2.75, 3.05) is 5.75 Å². The molecule has 3 nitrogen and oxygen atoms in total. The summed E-state index contributed by atoms with van der Waals surface area (Å²) in [5.74, 6) is -0.236. The summed E-state index contributed by atoms with van der Waals surface area (Å²) in [7, 11) is -3.85. The molecule has 0 atom stereocenters. The first kappa shape index (κ1) is 13.0. The first-order chi connectivity index (χ1) is 4.12. The van der Waals surface area contributed by atoms with Crippen molar-refractivity contribution in [3.8, 4) is 0 Å². The molecule has 0 aromatic heterocycles. The summed E-state index contributed by atoms with van der Waals surface area (Å²) in [5.41, 5.74) is 0. The molecule has 0 unspecified atom stereocenters. The van der Waals surface area contributed by atoms with Gasteiger partial charge in [-0.15, -0.1) is 0 Å². The molecule has 6 heteroatoms. The molecule has 0 saturated heterocycles. The van der Waals surface area contributed by atoms with E-state index in [-0.39, 0.29) is 22.8 Å². The minimum atomic E-state index is -3.85. The van der Waals surface area contributed by atoms with Gasteiger partial charge in [0.25, 0.3) is 10.1 Å². The molecule has 0 aliphatic rings. The first-order valence-corrected chi connectivity index (χ1v) is 4.23. The number of halogens is 1. The van der Waals surface area contributed by atoms with Crippen LogP contribution in [0.25, 0.3) is 0 Å². The van der Waals surface area contributed by atoms with Crippen LogP contribution in [0.1, 0.15) is 19.8 Å². The zero-order valence-corrected chi connectivity index (χ0v) is 7.19. The molecule has 0 fully saturated rings. The summed E-state index contributed by atoms with van der Waals surface area (Å²) >= 11 is 0. The quantitative estimate of drug-likeness (QED) is 0.663. The Labute approximate surface area is 70.4 Å². The first-order valence-electron chi connectivity index (χ1n) is 2.65. The average molecular weight is 220 g/mol.